The number of aryl methyl sites for hydroxylation is 1. The van der Waals surface area contributed by atoms with E-state index in [2.05, 4.69) is 42.4 Å². The normalized spacial score (nSPS) is 23.2. The molecule has 4 rings (SSSR count). The number of rotatable bonds is 4. The largest absolute Gasteiger partial charge is 0.434 e. The highest BCUT2D eigenvalue weighted by Gasteiger charge is 2.48. The van der Waals surface area contributed by atoms with Crippen LogP contribution in [0.3, 0.4) is 0 Å². The number of alkyl halides is 4. The summed E-state index contributed by atoms with van der Waals surface area (Å²) in [5.74, 6) is 0.560. The number of aliphatic hydroxyl groups excluding tert-OH is 1. The molecule has 0 radical (unpaired) electrons. The molecule has 0 aromatic carbocycles. The summed E-state index contributed by atoms with van der Waals surface area (Å²) in [6, 6.07) is 2.77. The average molecular weight is 581 g/mol. The van der Waals surface area contributed by atoms with Gasteiger partial charge < -0.3 is 20.5 Å². The van der Waals surface area contributed by atoms with E-state index in [9.17, 15) is 18.3 Å². The summed E-state index contributed by atoms with van der Waals surface area (Å²) in [5.41, 5.74) is 6.18. The number of pyridine rings is 1. The molecular weight excluding hydrogens is 558 g/mol. The molecule has 174 valence electrons. The minimum atomic E-state index is -4.57. The Balaban J connectivity index is 1.57. The lowest BCUT2D eigenvalue weighted by Crippen LogP contribution is -2.50. The Labute approximate surface area is 201 Å². The molecule has 0 unspecified atom stereocenters. The summed E-state index contributed by atoms with van der Waals surface area (Å²) in [6.07, 6.45) is -1.80. The van der Waals surface area contributed by atoms with Gasteiger partial charge in [0.15, 0.2) is 11.5 Å². The van der Waals surface area contributed by atoms with Gasteiger partial charge in [-0.2, -0.15) is 13.2 Å². The number of piperidine rings is 1. The van der Waals surface area contributed by atoms with Gasteiger partial charge in [0.05, 0.1) is 18.9 Å². The Morgan fingerprint density at radius 2 is 2.06 bits per heavy atom. The maximum Gasteiger partial charge on any atom is 0.434 e. The topological polar surface area (TPSA) is 97.4 Å². The molecule has 4 heterocycles. The smallest absolute Gasteiger partial charge is 0.390 e. The van der Waals surface area contributed by atoms with Gasteiger partial charge in [0.1, 0.15) is 14.8 Å². The van der Waals surface area contributed by atoms with Crippen LogP contribution in [0.25, 0.3) is 0 Å². The average Bonchev–Trinajstić information content (AvgIpc) is 3.04. The van der Waals surface area contributed by atoms with Crippen LogP contribution in [0.15, 0.2) is 28.3 Å². The van der Waals surface area contributed by atoms with Gasteiger partial charge in [-0.05, 0) is 54.5 Å². The predicted octanol–water partition coefficient (Wildman–Crippen LogP) is 3.55. The molecule has 2 fully saturated rings. The molecular formula is C20H23F3IN5O2S. The molecule has 0 amide bonds. The maximum atomic E-state index is 13.3. The summed E-state index contributed by atoms with van der Waals surface area (Å²) >= 11 is 3.08. The molecule has 2 aromatic rings. The Hall–Kier alpha value is -1.22. The zero-order chi connectivity index (χ0) is 23.1. The van der Waals surface area contributed by atoms with E-state index in [0.29, 0.717) is 41.9 Å². The van der Waals surface area contributed by atoms with Crippen LogP contribution in [0.5, 0.6) is 0 Å². The number of hydrogen-bond donors (Lipinski definition) is 2. The molecule has 2 aromatic heterocycles. The summed E-state index contributed by atoms with van der Waals surface area (Å²) in [6.45, 7) is 3.35. The number of nitrogens with two attached hydrogens (primary N) is 1. The van der Waals surface area contributed by atoms with Gasteiger partial charge in [-0.1, -0.05) is 11.8 Å². The highest BCUT2D eigenvalue weighted by atomic mass is 127. The summed E-state index contributed by atoms with van der Waals surface area (Å²) in [5, 5.41) is 10.2. The third-order valence-corrected chi connectivity index (χ3v) is 8.32. The monoisotopic (exact) mass is 581 g/mol. The lowest BCUT2D eigenvalue weighted by atomic mass is 9.75. The SMILES string of the molecule is Cc1nc(N2CCC3(CC2)CO[C@@H](I)[C@H]3N)c(CO)nc1Sc1cccnc1C(F)(F)F. The van der Waals surface area contributed by atoms with E-state index >= 15 is 0 Å². The molecule has 1 spiro atoms. The van der Waals surface area contributed by atoms with Crippen molar-refractivity contribution in [2.45, 2.75) is 52.6 Å². The summed E-state index contributed by atoms with van der Waals surface area (Å²) in [7, 11) is 0. The van der Waals surface area contributed by atoms with E-state index in [-0.39, 0.29) is 27.1 Å². The van der Waals surface area contributed by atoms with Crippen molar-refractivity contribution < 1.29 is 23.0 Å². The fourth-order valence-corrected chi connectivity index (χ4v) is 6.05. The fourth-order valence-electron chi connectivity index (χ4n) is 4.14. The Kier molecular flexibility index (Phi) is 6.88. The molecule has 2 saturated heterocycles. The van der Waals surface area contributed by atoms with Crippen molar-refractivity contribution in [3.05, 3.63) is 35.4 Å². The van der Waals surface area contributed by atoms with E-state index in [1.807, 2.05) is 0 Å². The van der Waals surface area contributed by atoms with Crippen LogP contribution in [0.2, 0.25) is 0 Å². The second kappa shape index (κ2) is 9.20. The molecule has 2 atom stereocenters. The van der Waals surface area contributed by atoms with Crippen LogP contribution < -0.4 is 10.6 Å². The quantitative estimate of drug-likeness (QED) is 0.418. The van der Waals surface area contributed by atoms with Crippen molar-refractivity contribution in [1.82, 2.24) is 15.0 Å². The van der Waals surface area contributed by atoms with Gasteiger partial charge in [-0.3, -0.25) is 4.98 Å². The molecule has 2 aliphatic heterocycles. The Morgan fingerprint density at radius 1 is 1.34 bits per heavy atom. The molecule has 3 N–H and O–H groups in total. The van der Waals surface area contributed by atoms with Crippen molar-refractivity contribution in [1.29, 1.82) is 0 Å². The number of aliphatic hydroxyl groups is 1. The fraction of sp³-hybridized carbons (Fsp3) is 0.550. The lowest BCUT2D eigenvalue weighted by molar-refractivity contribution is -0.143. The van der Waals surface area contributed by atoms with Gasteiger partial charge in [0.25, 0.3) is 0 Å². The number of anilines is 1. The molecule has 0 saturated carbocycles. The Bertz CT molecular complexity index is 988. The van der Waals surface area contributed by atoms with Crippen molar-refractivity contribution in [3.8, 4) is 0 Å². The highest BCUT2D eigenvalue weighted by molar-refractivity contribution is 14.1. The Morgan fingerprint density at radius 3 is 2.66 bits per heavy atom. The number of halogens is 4. The highest BCUT2D eigenvalue weighted by Crippen LogP contribution is 2.44. The van der Waals surface area contributed by atoms with Crippen molar-refractivity contribution in [2.75, 3.05) is 24.6 Å². The van der Waals surface area contributed by atoms with Crippen molar-refractivity contribution in [3.63, 3.8) is 0 Å². The minimum Gasteiger partial charge on any atom is -0.390 e. The second-order valence-electron chi connectivity index (χ2n) is 8.03. The minimum absolute atomic E-state index is 0.000405. The standard InChI is InChI=1S/C20H23F3IN5O2S/c1-11-18(32-13-3-2-6-26-15(13)20(21,22)23)28-12(9-30)17(27-11)29-7-4-19(5-8-29)10-31-16(24)14(19)25/h2-3,6,14,16,30H,4-5,7-10,25H2,1H3/t14-,16-/m1/s1. The number of hydrogen-bond acceptors (Lipinski definition) is 8. The van der Waals surface area contributed by atoms with Crippen molar-refractivity contribution >= 4 is 40.2 Å². The van der Waals surface area contributed by atoms with Crippen molar-refractivity contribution in [2.24, 2.45) is 11.1 Å². The third-order valence-electron chi connectivity index (χ3n) is 6.05. The molecule has 2 aliphatic rings. The lowest BCUT2D eigenvalue weighted by Gasteiger charge is -2.41. The number of aromatic nitrogens is 3. The van der Waals surface area contributed by atoms with Gasteiger partial charge in [0.2, 0.25) is 0 Å². The zero-order valence-electron chi connectivity index (χ0n) is 17.3. The van der Waals surface area contributed by atoms with E-state index in [1.165, 1.54) is 12.1 Å². The summed E-state index contributed by atoms with van der Waals surface area (Å²) < 4.78 is 45.7. The number of ether oxygens (including phenoxy) is 1. The molecule has 12 heteroatoms. The van der Waals surface area contributed by atoms with E-state index < -0.39 is 11.9 Å². The van der Waals surface area contributed by atoms with E-state index in [0.717, 1.165) is 30.8 Å². The molecule has 7 nitrogen and oxygen atoms in total. The van der Waals surface area contributed by atoms with Crippen LogP contribution in [0.1, 0.15) is 29.9 Å². The van der Waals surface area contributed by atoms with Crippen LogP contribution in [0.4, 0.5) is 19.0 Å². The van der Waals surface area contributed by atoms with Crippen LogP contribution in [0, 0.1) is 12.3 Å². The molecule has 0 aliphatic carbocycles. The maximum absolute atomic E-state index is 13.3. The first kappa shape index (κ1) is 23.9. The van der Waals surface area contributed by atoms with Crippen LogP contribution >= 0.6 is 34.4 Å². The van der Waals surface area contributed by atoms with Gasteiger partial charge >= 0.3 is 6.18 Å². The molecule has 0 bridgehead atoms. The number of nitrogens with zero attached hydrogens (tertiary/aromatic N) is 4. The van der Waals surface area contributed by atoms with Crippen LogP contribution in [-0.4, -0.2) is 49.9 Å². The molecule has 32 heavy (non-hydrogen) atoms. The van der Waals surface area contributed by atoms with E-state index in [4.69, 9.17) is 10.5 Å². The first-order chi connectivity index (χ1) is 15.1. The first-order valence-electron chi connectivity index (χ1n) is 10.1. The van der Waals surface area contributed by atoms with E-state index in [1.54, 1.807) is 6.92 Å². The van der Waals surface area contributed by atoms with Gasteiger partial charge in [-0.25, -0.2) is 9.97 Å². The van der Waals surface area contributed by atoms with Gasteiger partial charge in [0, 0.05) is 35.6 Å². The first-order valence-corrected chi connectivity index (χ1v) is 12.2. The second-order valence-corrected chi connectivity index (χ2v) is 10.3. The predicted molar refractivity (Wildman–Crippen MR) is 122 cm³/mol. The summed E-state index contributed by atoms with van der Waals surface area (Å²) in [4.78, 5) is 14.6. The van der Waals surface area contributed by atoms with Gasteiger partial charge in [-0.15, -0.1) is 0 Å². The van der Waals surface area contributed by atoms with Crippen LogP contribution in [-0.2, 0) is 17.5 Å². The third kappa shape index (κ3) is 4.56. The zero-order valence-corrected chi connectivity index (χ0v) is 20.2.